The number of aryl methyl sites for hydroxylation is 1. The maximum Gasteiger partial charge on any atom is 0.262 e. The summed E-state index contributed by atoms with van der Waals surface area (Å²) in [6.07, 6.45) is 1.64. The van der Waals surface area contributed by atoms with Crippen LogP contribution in [-0.2, 0) is 4.79 Å². The van der Waals surface area contributed by atoms with Crippen LogP contribution in [-0.4, -0.2) is 19.1 Å². The zero-order valence-corrected chi connectivity index (χ0v) is 13.6. The van der Waals surface area contributed by atoms with Crippen LogP contribution in [0.15, 0.2) is 55.1 Å². The first kappa shape index (κ1) is 16.9. The van der Waals surface area contributed by atoms with Crippen LogP contribution < -0.4 is 14.8 Å². The largest absolute Gasteiger partial charge is 0.487 e. The Bertz CT molecular complexity index is 700. The molecule has 4 nitrogen and oxygen atoms in total. The zero-order chi connectivity index (χ0) is 16.7. The first-order valence-corrected chi connectivity index (χ1v) is 7.49. The molecule has 2 aromatic rings. The maximum atomic E-state index is 12.0. The number of carbonyl (C=O) groups excluding carboxylic acids is 1. The van der Waals surface area contributed by atoms with Crippen LogP contribution in [0, 0.1) is 6.92 Å². The lowest BCUT2D eigenvalue weighted by Crippen LogP contribution is -2.20. The van der Waals surface area contributed by atoms with Gasteiger partial charge in [-0.15, -0.1) is 0 Å². The average Bonchev–Trinajstić information content (AvgIpc) is 2.55. The summed E-state index contributed by atoms with van der Waals surface area (Å²) >= 11 is 5.95. The van der Waals surface area contributed by atoms with Crippen molar-refractivity contribution in [2.75, 3.05) is 18.5 Å². The fourth-order valence-electron chi connectivity index (χ4n) is 1.89. The first-order valence-electron chi connectivity index (χ1n) is 7.11. The van der Waals surface area contributed by atoms with Gasteiger partial charge < -0.3 is 14.8 Å². The highest BCUT2D eigenvalue weighted by Crippen LogP contribution is 2.24. The minimum absolute atomic E-state index is 0.100. The van der Waals surface area contributed by atoms with Gasteiger partial charge in [-0.2, -0.15) is 0 Å². The standard InChI is InChI=1S/C18H18ClNO3/c1-3-10-22-17-7-5-4-6-16(17)20-18(21)12-23-14-8-9-15(19)13(2)11-14/h3-9,11H,1,10,12H2,2H3,(H,20,21). The molecule has 0 radical (unpaired) electrons. The van der Waals surface area contributed by atoms with Gasteiger partial charge in [-0.05, 0) is 42.8 Å². The van der Waals surface area contributed by atoms with E-state index in [-0.39, 0.29) is 12.5 Å². The number of rotatable bonds is 7. The van der Waals surface area contributed by atoms with Crippen molar-refractivity contribution in [2.45, 2.75) is 6.92 Å². The summed E-state index contributed by atoms with van der Waals surface area (Å²) in [7, 11) is 0. The van der Waals surface area contributed by atoms with Crippen molar-refractivity contribution in [3.8, 4) is 11.5 Å². The molecule has 2 rings (SSSR count). The summed E-state index contributed by atoms with van der Waals surface area (Å²) in [6.45, 7) is 5.75. The smallest absolute Gasteiger partial charge is 0.262 e. The number of nitrogens with one attached hydrogen (secondary N) is 1. The van der Waals surface area contributed by atoms with Gasteiger partial charge in [0.2, 0.25) is 0 Å². The van der Waals surface area contributed by atoms with Crippen molar-refractivity contribution >= 4 is 23.2 Å². The summed E-state index contributed by atoms with van der Waals surface area (Å²) < 4.78 is 11.0. The molecular weight excluding hydrogens is 314 g/mol. The molecule has 1 amide bonds. The van der Waals surface area contributed by atoms with E-state index in [0.717, 1.165) is 5.56 Å². The number of benzene rings is 2. The predicted molar refractivity (Wildman–Crippen MR) is 92.4 cm³/mol. The second-order valence-corrected chi connectivity index (χ2v) is 5.25. The van der Waals surface area contributed by atoms with Gasteiger partial charge in [0.15, 0.2) is 6.61 Å². The molecule has 0 saturated heterocycles. The van der Waals surface area contributed by atoms with Crippen LogP contribution >= 0.6 is 11.6 Å². The van der Waals surface area contributed by atoms with Crippen LogP contribution in [0.2, 0.25) is 5.02 Å². The van der Waals surface area contributed by atoms with Gasteiger partial charge in [-0.1, -0.05) is 36.4 Å². The highest BCUT2D eigenvalue weighted by atomic mass is 35.5. The van der Waals surface area contributed by atoms with Crippen LogP contribution in [0.25, 0.3) is 0 Å². The van der Waals surface area contributed by atoms with E-state index in [1.54, 1.807) is 36.4 Å². The van der Waals surface area contributed by atoms with Crippen LogP contribution in [0.5, 0.6) is 11.5 Å². The van der Waals surface area contributed by atoms with Gasteiger partial charge >= 0.3 is 0 Å². The fraction of sp³-hybridized carbons (Fsp3) is 0.167. The van der Waals surface area contributed by atoms with E-state index in [4.69, 9.17) is 21.1 Å². The Morgan fingerprint density at radius 1 is 1.26 bits per heavy atom. The first-order chi connectivity index (χ1) is 11.1. The lowest BCUT2D eigenvalue weighted by Gasteiger charge is -2.12. The average molecular weight is 332 g/mol. The number of carbonyl (C=O) groups is 1. The van der Waals surface area contributed by atoms with Crippen molar-refractivity contribution < 1.29 is 14.3 Å². The third-order valence-electron chi connectivity index (χ3n) is 3.02. The highest BCUT2D eigenvalue weighted by molar-refractivity contribution is 6.31. The van der Waals surface area contributed by atoms with Crippen LogP contribution in [0.4, 0.5) is 5.69 Å². The molecule has 0 heterocycles. The second-order valence-electron chi connectivity index (χ2n) is 4.84. The molecule has 2 aromatic carbocycles. The summed E-state index contributed by atoms with van der Waals surface area (Å²) in [5, 5.41) is 3.43. The van der Waals surface area contributed by atoms with Crippen LogP contribution in [0.3, 0.4) is 0 Å². The lowest BCUT2D eigenvalue weighted by atomic mass is 10.2. The van der Waals surface area contributed by atoms with Gasteiger partial charge in [0, 0.05) is 5.02 Å². The quantitative estimate of drug-likeness (QED) is 0.772. The molecule has 0 aliphatic heterocycles. The molecule has 5 heteroatoms. The SMILES string of the molecule is C=CCOc1ccccc1NC(=O)COc1ccc(Cl)c(C)c1. The van der Waals surface area contributed by atoms with E-state index < -0.39 is 0 Å². The molecule has 0 aliphatic rings. The minimum atomic E-state index is -0.271. The third kappa shape index (κ3) is 5.04. The number of para-hydroxylation sites is 2. The van der Waals surface area contributed by atoms with E-state index in [9.17, 15) is 4.79 Å². The fourth-order valence-corrected chi connectivity index (χ4v) is 2.00. The molecule has 0 aromatic heterocycles. The molecule has 23 heavy (non-hydrogen) atoms. The number of hydrogen-bond donors (Lipinski definition) is 1. The van der Waals surface area contributed by atoms with Gasteiger partial charge in [0.1, 0.15) is 18.1 Å². The topological polar surface area (TPSA) is 47.6 Å². The number of amides is 1. The molecule has 0 aliphatic carbocycles. The molecule has 0 fully saturated rings. The molecular formula is C18H18ClNO3. The Labute approximate surface area is 140 Å². The van der Waals surface area contributed by atoms with E-state index >= 15 is 0 Å². The van der Waals surface area contributed by atoms with Crippen molar-refractivity contribution in [3.05, 3.63) is 65.7 Å². The Morgan fingerprint density at radius 3 is 2.78 bits per heavy atom. The van der Waals surface area contributed by atoms with E-state index in [2.05, 4.69) is 11.9 Å². The maximum absolute atomic E-state index is 12.0. The number of anilines is 1. The summed E-state index contributed by atoms with van der Waals surface area (Å²) in [5.41, 5.74) is 1.49. The van der Waals surface area contributed by atoms with E-state index in [0.29, 0.717) is 28.8 Å². The predicted octanol–water partition coefficient (Wildman–Crippen LogP) is 4.23. The Morgan fingerprint density at radius 2 is 2.04 bits per heavy atom. The minimum Gasteiger partial charge on any atom is -0.487 e. The summed E-state index contributed by atoms with van der Waals surface area (Å²) in [5.74, 6) is 0.911. The van der Waals surface area contributed by atoms with Crippen molar-refractivity contribution in [3.63, 3.8) is 0 Å². The van der Waals surface area contributed by atoms with E-state index in [1.807, 2.05) is 19.1 Å². The molecule has 0 atom stereocenters. The Balaban J connectivity index is 1.94. The van der Waals surface area contributed by atoms with Gasteiger partial charge in [-0.3, -0.25) is 4.79 Å². The summed E-state index contributed by atoms with van der Waals surface area (Å²) in [6, 6.07) is 12.5. The van der Waals surface area contributed by atoms with Crippen LogP contribution in [0.1, 0.15) is 5.56 Å². The highest BCUT2D eigenvalue weighted by Gasteiger charge is 2.08. The molecule has 1 N–H and O–H groups in total. The molecule has 0 bridgehead atoms. The van der Waals surface area contributed by atoms with Gasteiger partial charge in [0.05, 0.1) is 5.69 Å². The monoisotopic (exact) mass is 331 g/mol. The lowest BCUT2D eigenvalue weighted by molar-refractivity contribution is -0.118. The van der Waals surface area contributed by atoms with E-state index in [1.165, 1.54) is 0 Å². The molecule has 0 spiro atoms. The third-order valence-corrected chi connectivity index (χ3v) is 3.44. The molecule has 0 unspecified atom stereocenters. The van der Waals surface area contributed by atoms with Crippen molar-refractivity contribution in [1.29, 1.82) is 0 Å². The van der Waals surface area contributed by atoms with Crippen molar-refractivity contribution in [1.82, 2.24) is 0 Å². The normalized spacial score (nSPS) is 10.0. The van der Waals surface area contributed by atoms with Crippen molar-refractivity contribution in [2.24, 2.45) is 0 Å². The number of hydrogen-bond acceptors (Lipinski definition) is 3. The Kier molecular flexibility index (Phi) is 6.06. The van der Waals surface area contributed by atoms with Gasteiger partial charge in [0.25, 0.3) is 5.91 Å². The second kappa shape index (κ2) is 8.25. The molecule has 0 saturated carbocycles. The van der Waals surface area contributed by atoms with Gasteiger partial charge in [-0.25, -0.2) is 0 Å². The number of ether oxygens (including phenoxy) is 2. The number of halogens is 1. The Hall–Kier alpha value is -2.46. The molecule has 120 valence electrons. The zero-order valence-electron chi connectivity index (χ0n) is 12.8. The summed E-state index contributed by atoms with van der Waals surface area (Å²) in [4.78, 5) is 12.0.